The van der Waals surface area contributed by atoms with E-state index in [0.29, 0.717) is 19.8 Å². The van der Waals surface area contributed by atoms with Crippen LogP contribution in [0.1, 0.15) is 23.1 Å². The predicted octanol–water partition coefficient (Wildman–Crippen LogP) is 4.69. The monoisotopic (exact) mass is 432 g/mol. The van der Waals surface area contributed by atoms with Crippen molar-refractivity contribution >= 4 is 5.97 Å². The Bertz CT molecular complexity index is 946. The minimum atomic E-state index is -0.538. The van der Waals surface area contributed by atoms with Crippen molar-refractivity contribution in [2.75, 3.05) is 6.61 Å². The molecule has 0 aromatic heterocycles. The van der Waals surface area contributed by atoms with Crippen molar-refractivity contribution in [3.8, 4) is 0 Å². The molecule has 0 spiro atoms. The molecule has 1 aliphatic heterocycles. The summed E-state index contributed by atoms with van der Waals surface area (Å²) < 4.78 is 23.9. The van der Waals surface area contributed by atoms with Crippen LogP contribution >= 0.6 is 0 Å². The molecular weight excluding hydrogens is 404 g/mol. The molecule has 0 aliphatic carbocycles. The van der Waals surface area contributed by atoms with Crippen LogP contribution in [0.15, 0.2) is 91.0 Å². The second-order valence-electron chi connectivity index (χ2n) is 7.83. The van der Waals surface area contributed by atoms with Crippen molar-refractivity contribution in [1.29, 1.82) is 0 Å². The molecule has 166 valence electrons. The lowest BCUT2D eigenvalue weighted by molar-refractivity contribution is -0.205. The van der Waals surface area contributed by atoms with Crippen LogP contribution < -0.4 is 0 Å². The quantitative estimate of drug-likeness (QED) is 0.435. The smallest absolute Gasteiger partial charge is 0.308 e. The average Bonchev–Trinajstić information content (AvgIpc) is 2.84. The van der Waals surface area contributed by atoms with Gasteiger partial charge in [0.2, 0.25) is 0 Å². The van der Waals surface area contributed by atoms with Gasteiger partial charge in [0.05, 0.1) is 39.0 Å². The molecule has 0 unspecified atom stereocenters. The Morgan fingerprint density at radius 2 is 1.19 bits per heavy atom. The van der Waals surface area contributed by atoms with Gasteiger partial charge in [0.1, 0.15) is 6.10 Å². The van der Waals surface area contributed by atoms with Gasteiger partial charge >= 0.3 is 5.97 Å². The van der Waals surface area contributed by atoms with Gasteiger partial charge in [-0.1, -0.05) is 91.0 Å². The topological polar surface area (TPSA) is 54.0 Å². The number of hydrogen-bond donors (Lipinski definition) is 0. The molecule has 5 heteroatoms. The summed E-state index contributed by atoms with van der Waals surface area (Å²) >= 11 is 0. The van der Waals surface area contributed by atoms with Crippen molar-refractivity contribution in [2.24, 2.45) is 0 Å². The summed E-state index contributed by atoms with van der Waals surface area (Å²) in [5, 5.41) is 0. The Morgan fingerprint density at radius 3 is 1.75 bits per heavy atom. The summed E-state index contributed by atoms with van der Waals surface area (Å²) in [6, 6.07) is 29.8. The molecule has 0 amide bonds. The van der Waals surface area contributed by atoms with Gasteiger partial charge in [-0.15, -0.1) is 0 Å². The Hall–Kier alpha value is -2.99. The van der Waals surface area contributed by atoms with Gasteiger partial charge < -0.3 is 18.9 Å². The second-order valence-corrected chi connectivity index (χ2v) is 7.83. The normalized spacial score (nSPS) is 20.6. The van der Waals surface area contributed by atoms with E-state index < -0.39 is 18.3 Å². The minimum Gasteiger partial charge on any atom is -0.457 e. The average molecular weight is 433 g/mol. The summed E-state index contributed by atoms with van der Waals surface area (Å²) in [6.07, 6.45) is -1.22. The molecule has 1 aliphatic rings. The lowest BCUT2D eigenvalue weighted by Gasteiger charge is -2.37. The zero-order chi connectivity index (χ0) is 22.0. The van der Waals surface area contributed by atoms with E-state index in [1.807, 2.05) is 91.0 Å². The van der Waals surface area contributed by atoms with Crippen LogP contribution in [0.3, 0.4) is 0 Å². The number of hydrogen-bond acceptors (Lipinski definition) is 5. The number of esters is 1. The fourth-order valence-electron chi connectivity index (χ4n) is 3.71. The van der Waals surface area contributed by atoms with Crippen LogP contribution in [0.5, 0.6) is 0 Å². The van der Waals surface area contributed by atoms with Crippen molar-refractivity contribution in [1.82, 2.24) is 0 Å². The highest BCUT2D eigenvalue weighted by Crippen LogP contribution is 2.25. The molecule has 0 bridgehead atoms. The molecule has 3 atom stereocenters. The number of ether oxygens (including phenoxy) is 4. The van der Waals surface area contributed by atoms with Crippen LogP contribution in [0.25, 0.3) is 0 Å². The van der Waals surface area contributed by atoms with E-state index in [1.54, 1.807) is 0 Å². The number of cyclic esters (lactones) is 1. The number of rotatable bonds is 10. The third-order valence-corrected chi connectivity index (χ3v) is 5.37. The van der Waals surface area contributed by atoms with Gasteiger partial charge in [-0.3, -0.25) is 4.79 Å². The first-order chi connectivity index (χ1) is 15.8. The Morgan fingerprint density at radius 1 is 0.688 bits per heavy atom. The van der Waals surface area contributed by atoms with Crippen molar-refractivity contribution in [3.05, 3.63) is 108 Å². The zero-order valence-corrected chi connectivity index (χ0v) is 18.0. The largest absolute Gasteiger partial charge is 0.457 e. The predicted molar refractivity (Wildman–Crippen MR) is 121 cm³/mol. The van der Waals surface area contributed by atoms with Gasteiger partial charge in [0, 0.05) is 0 Å². The standard InChI is InChI=1S/C27H28O5/c28-26-16-24(30-18-22-12-6-2-7-13-22)27(31-19-23-14-8-3-9-15-23)25(32-26)20-29-17-21-10-4-1-5-11-21/h1-15,24-25,27H,16-20H2/t24-,25+,27-/m1/s1. The molecular formula is C27H28O5. The summed E-state index contributed by atoms with van der Waals surface area (Å²) in [6.45, 7) is 1.49. The molecule has 5 nitrogen and oxygen atoms in total. The fourth-order valence-corrected chi connectivity index (χ4v) is 3.71. The molecule has 0 N–H and O–H groups in total. The molecule has 0 saturated carbocycles. The van der Waals surface area contributed by atoms with E-state index in [2.05, 4.69) is 0 Å². The van der Waals surface area contributed by atoms with Crippen molar-refractivity contribution in [3.63, 3.8) is 0 Å². The molecule has 1 fully saturated rings. The maximum atomic E-state index is 12.3. The molecule has 1 heterocycles. The number of carbonyl (C=O) groups excluding carboxylic acids is 1. The summed E-state index contributed by atoms with van der Waals surface area (Å²) in [7, 11) is 0. The molecule has 32 heavy (non-hydrogen) atoms. The first-order valence-corrected chi connectivity index (χ1v) is 10.9. The van der Waals surface area contributed by atoms with E-state index in [0.717, 1.165) is 16.7 Å². The summed E-state index contributed by atoms with van der Waals surface area (Å²) in [4.78, 5) is 12.3. The van der Waals surface area contributed by atoms with Gasteiger partial charge in [0.25, 0.3) is 0 Å². The summed E-state index contributed by atoms with van der Waals surface area (Å²) in [5.74, 6) is -0.295. The lowest BCUT2D eigenvalue weighted by Crippen LogP contribution is -2.51. The SMILES string of the molecule is O=C1C[C@@H](OCc2ccccc2)[C@@H](OCc2ccccc2)[C@H](COCc2ccccc2)O1. The third-order valence-electron chi connectivity index (χ3n) is 5.37. The van der Waals surface area contributed by atoms with Gasteiger partial charge in [0.15, 0.2) is 6.10 Å². The van der Waals surface area contributed by atoms with Crippen molar-refractivity contribution < 1.29 is 23.7 Å². The Balaban J connectivity index is 1.42. The lowest BCUT2D eigenvalue weighted by atomic mass is 10.0. The maximum absolute atomic E-state index is 12.3. The zero-order valence-electron chi connectivity index (χ0n) is 18.0. The van der Waals surface area contributed by atoms with Gasteiger partial charge in [-0.2, -0.15) is 0 Å². The van der Waals surface area contributed by atoms with Crippen LogP contribution in [0.2, 0.25) is 0 Å². The van der Waals surface area contributed by atoms with E-state index in [-0.39, 0.29) is 19.0 Å². The van der Waals surface area contributed by atoms with E-state index in [4.69, 9.17) is 18.9 Å². The molecule has 0 radical (unpaired) electrons. The minimum absolute atomic E-state index is 0.154. The first-order valence-electron chi connectivity index (χ1n) is 10.9. The summed E-state index contributed by atoms with van der Waals surface area (Å²) in [5.41, 5.74) is 3.16. The number of carbonyl (C=O) groups is 1. The second kappa shape index (κ2) is 11.6. The maximum Gasteiger partial charge on any atom is 0.308 e. The Labute approximate surface area is 188 Å². The van der Waals surface area contributed by atoms with Crippen LogP contribution in [-0.4, -0.2) is 30.9 Å². The van der Waals surface area contributed by atoms with E-state index in [9.17, 15) is 4.79 Å². The van der Waals surface area contributed by atoms with Gasteiger partial charge in [-0.25, -0.2) is 0 Å². The molecule has 3 aromatic rings. The van der Waals surface area contributed by atoms with E-state index in [1.165, 1.54) is 0 Å². The van der Waals surface area contributed by atoms with Crippen LogP contribution in [0, 0.1) is 0 Å². The highest BCUT2D eigenvalue weighted by atomic mass is 16.6. The van der Waals surface area contributed by atoms with Gasteiger partial charge in [-0.05, 0) is 16.7 Å². The van der Waals surface area contributed by atoms with Crippen LogP contribution in [-0.2, 0) is 43.6 Å². The third kappa shape index (κ3) is 6.50. The first kappa shape index (κ1) is 22.2. The van der Waals surface area contributed by atoms with E-state index >= 15 is 0 Å². The van der Waals surface area contributed by atoms with Crippen LogP contribution in [0.4, 0.5) is 0 Å². The van der Waals surface area contributed by atoms with Crippen molar-refractivity contribution in [2.45, 2.75) is 44.6 Å². The molecule has 4 rings (SSSR count). The molecule has 3 aromatic carbocycles. The Kier molecular flexibility index (Phi) is 8.04. The molecule has 1 saturated heterocycles. The fraction of sp³-hybridized carbons (Fsp3) is 0.296. The highest BCUT2D eigenvalue weighted by Gasteiger charge is 2.40. The highest BCUT2D eigenvalue weighted by molar-refractivity contribution is 5.71. The number of benzene rings is 3.